The summed E-state index contributed by atoms with van der Waals surface area (Å²) in [5.74, 6) is 0.936. The van der Waals surface area contributed by atoms with Crippen molar-refractivity contribution in [2.45, 2.75) is 31.4 Å². The van der Waals surface area contributed by atoms with E-state index in [2.05, 4.69) is 27.0 Å². The summed E-state index contributed by atoms with van der Waals surface area (Å²) >= 11 is 0. The second kappa shape index (κ2) is 7.28. The molecule has 0 bridgehead atoms. The van der Waals surface area contributed by atoms with Gasteiger partial charge in [-0.1, -0.05) is 30.3 Å². The fourth-order valence-electron chi connectivity index (χ4n) is 3.49. The van der Waals surface area contributed by atoms with Crippen LogP contribution in [0.1, 0.15) is 25.3 Å². The Hall–Kier alpha value is -1.98. The molecule has 0 spiro atoms. The largest absolute Gasteiger partial charge is 0.384 e. The topological polar surface area (TPSA) is 52.5 Å². The number of piperidine rings is 1. The van der Waals surface area contributed by atoms with Crippen LogP contribution < -0.4 is 4.90 Å². The lowest BCUT2D eigenvalue weighted by Crippen LogP contribution is -2.50. The molecule has 2 aromatic rings. The molecule has 1 fully saturated rings. The van der Waals surface area contributed by atoms with Gasteiger partial charge in [-0.25, -0.2) is 0 Å². The molecule has 0 aliphatic carbocycles. The quantitative estimate of drug-likeness (QED) is 0.913. The van der Waals surface area contributed by atoms with Gasteiger partial charge in [0.15, 0.2) is 5.82 Å². The van der Waals surface area contributed by atoms with Gasteiger partial charge in [0.05, 0.1) is 5.60 Å². The van der Waals surface area contributed by atoms with Crippen molar-refractivity contribution in [2.24, 2.45) is 0 Å². The predicted molar refractivity (Wildman–Crippen MR) is 95.9 cm³/mol. The van der Waals surface area contributed by atoms with Gasteiger partial charge < -0.3 is 10.0 Å². The van der Waals surface area contributed by atoms with E-state index < -0.39 is 5.60 Å². The fourth-order valence-corrected chi connectivity index (χ4v) is 3.49. The molecule has 2 atom stereocenters. The number of benzene rings is 1. The maximum Gasteiger partial charge on any atom is 0.151 e. The minimum atomic E-state index is -0.856. The highest BCUT2D eigenvalue weighted by atomic mass is 16.3. The van der Waals surface area contributed by atoms with Crippen molar-refractivity contribution in [3.63, 3.8) is 0 Å². The minimum Gasteiger partial charge on any atom is -0.384 e. The van der Waals surface area contributed by atoms with E-state index in [1.54, 1.807) is 6.20 Å². The van der Waals surface area contributed by atoms with E-state index in [-0.39, 0.29) is 0 Å². The zero-order valence-electron chi connectivity index (χ0n) is 14.5. The van der Waals surface area contributed by atoms with E-state index >= 15 is 0 Å². The third-order valence-corrected chi connectivity index (χ3v) is 4.86. The zero-order valence-corrected chi connectivity index (χ0v) is 14.5. The van der Waals surface area contributed by atoms with Crippen molar-refractivity contribution in [3.8, 4) is 0 Å². The summed E-state index contributed by atoms with van der Waals surface area (Å²) in [4.78, 5) is 4.56. The first-order valence-electron chi connectivity index (χ1n) is 8.57. The Kier molecular flexibility index (Phi) is 5.11. The molecule has 0 radical (unpaired) electrons. The smallest absolute Gasteiger partial charge is 0.151 e. The molecule has 5 nitrogen and oxygen atoms in total. The van der Waals surface area contributed by atoms with Crippen molar-refractivity contribution >= 4 is 5.82 Å². The molecule has 0 saturated carbocycles. The van der Waals surface area contributed by atoms with Crippen molar-refractivity contribution in [1.82, 2.24) is 15.1 Å². The third kappa shape index (κ3) is 3.91. The van der Waals surface area contributed by atoms with E-state index in [1.165, 1.54) is 0 Å². The van der Waals surface area contributed by atoms with E-state index in [4.69, 9.17) is 0 Å². The lowest BCUT2D eigenvalue weighted by Gasteiger charge is -2.40. The van der Waals surface area contributed by atoms with Crippen molar-refractivity contribution in [2.75, 3.05) is 31.6 Å². The summed E-state index contributed by atoms with van der Waals surface area (Å²) in [7, 11) is 2.10. The molecule has 24 heavy (non-hydrogen) atoms. The van der Waals surface area contributed by atoms with Gasteiger partial charge in [0.2, 0.25) is 0 Å². The lowest BCUT2D eigenvalue weighted by atomic mass is 9.94. The number of hydrogen-bond donors (Lipinski definition) is 1. The summed E-state index contributed by atoms with van der Waals surface area (Å²) in [6.07, 6.45) is 3.96. The first-order chi connectivity index (χ1) is 11.6. The predicted octanol–water partition coefficient (Wildman–Crippen LogP) is 2.28. The number of likely N-dealkylation sites (N-methyl/N-ethyl adjacent to an activating group) is 1. The Morgan fingerprint density at radius 3 is 2.75 bits per heavy atom. The molecule has 1 aromatic heterocycles. The van der Waals surface area contributed by atoms with Gasteiger partial charge in [0, 0.05) is 31.9 Å². The molecule has 3 rings (SSSR count). The molecule has 1 aliphatic rings. The molecular formula is C19H26N4O. The number of rotatable bonds is 5. The van der Waals surface area contributed by atoms with Crippen molar-refractivity contribution in [3.05, 3.63) is 54.2 Å². The van der Waals surface area contributed by atoms with Gasteiger partial charge in [0.25, 0.3) is 0 Å². The molecule has 0 unspecified atom stereocenters. The Morgan fingerprint density at radius 2 is 2.04 bits per heavy atom. The zero-order chi connectivity index (χ0) is 17.0. The maximum absolute atomic E-state index is 10.9. The Morgan fingerprint density at radius 1 is 1.25 bits per heavy atom. The van der Waals surface area contributed by atoms with E-state index in [1.807, 2.05) is 49.4 Å². The Balaban J connectivity index is 1.65. The molecule has 1 N–H and O–H groups in total. The first-order valence-corrected chi connectivity index (χ1v) is 8.57. The molecule has 1 aromatic carbocycles. The number of aliphatic hydroxyl groups is 1. The average Bonchev–Trinajstić information content (AvgIpc) is 2.63. The number of anilines is 1. The van der Waals surface area contributed by atoms with Gasteiger partial charge in [-0.2, -0.15) is 5.10 Å². The van der Waals surface area contributed by atoms with E-state index in [0.29, 0.717) is 12.6 Å². The molecule has 0 amide bonds. The molecule has 128 valence electrons. The van der Waals surface area contributed by atoms with Crippen LogP contribution in [0.15, 0.2) is 48.7 Å². The molecule has 2 heterocycles. The summed E-state index contributed by atoms with van der Waals surface area (Å²) in [5.41, 5.74) is 0.101. The summed E-state index contributed by atoms with van der Waals surface area (Å²) in [6.45, 7) is 4.43. The molecule has 5 heteroatoms. The average molecular weight is 326 g/mol. The number of aromatic nitrogens is 2. The van der Waals surface area contributed by atoms with Crippen LogP contribution >= 0.6 is 0 Å². The third-order valence-electron chi connectivity index (χ3n) is 4.86. The number of nitrogens with zero attached hydrogens (tertiary/aromatic N) is 4. The molecular weight excluding hydrogens is 300 g/mol. The van der Waals surface area contributed by atoms with Crippen LogP contribution in [0.3, 0.4) is 0 Å². The Bertz CT molecular complexity index is 632. The first kappa shape index (κ1) is 16.9. The minimum absolute atomic E-state index is 0.399. The lowest BCUT2D eigenvalue weighted by molar-refractivity contribution is 0.00955. The second-order valence-corrected chi connectivity index (χ2v) is 6.88. The highest BCUT2D eigenvalue weighted by molar-refractivity contribution is 5.37. The summed E-state index contributed by atoms with van der Waals surface area (Å²) in [5, 5.41) is 19.1. The SMILES string of the molecule is CN(C[C@@](C)(O)c1ccccc1)[C@@H]1CCCN(c2cccnn2)C1. The maximum atomic E-state index is 10.9. The summed E-state index contributed by atoms with van der Waals surface area (Å²) in [6, 6.07) is 14.2. The molecule has 1 aliphatic heterocycles. The van der Waals surface area contributed by atoms with Gasteiger partial charge >= 0.3 is 0 Å². The van der Waals surface area contributed by atoms with Gasteiger partial charge in [-0.15, -0.1) is 5.10 Å². The van der Waals surface area contributed by atoms with Gasteiger partial charge in [-0.05, 0) is 44.5 Å². The van der Waals surface area contributed by atoms with Crippen LogP contribution in [0.25, 0.3) is 0 Å². The molecule has 1 saturated heterocycles. The van der Waals surface area contributed by atoms with E-state index in [9.17, 15) is 5.11 Å². The fraction of sp³-hybridized carbons (Fsp3) is 0.474. The standard InChI is InChI=1S/C19H26N4O/c1-19(24,16-8-4-3-5-9-16)15-22(2)17-10-7-13-23(14-17)18-11-6-12-20-21-18/h3-6,8-9,11-12,17,24H,7,10,13-15H2,1-2H3/t17-,19-/m1/s1. The van der Waals surface area contributed by atoms with Gasteiger partial charge in [0.1, 0.15) is 0 Å². The van der Waals surface area contributed by atoms with E-state index in [0.717, 1.165) is 37.3 Å². The summed E-state index contributed by atoms with van der Waals surface area (Å²) < 4.78 is 0. The van der Waals surface area contributed by atoms with Gasteiger partial charge in [-0.3, -0.25) is 4.90 Å². The van der Waals surface area contributed by atoms with Crippen LogP contribution in [0.5, 0.6) is 0 Å². The van der Waals surface area contributed by atoms with Crippen LogP contribution in [0, 0.1) is 0 Å². The highest BCUT2D eigenvalue weighted by Gasteiger charge is 2.30. The van der Waals surface area contributed by atoms with Crippen LogP contribution in [-0.2, 0) is 5.60 Å². The normalized spacial score (nSPS) is 20.8. The monoisotopic (exact) mass is 326 g/mol. The second-order valence-electron chi connectivity index (χ2n) is 6.88. The van der Waals surface area contributed by atoms with Crippen molar-refractivity contribution < 1.29 is 5.11 Å². The van der Waals surface area contributed by atoms with Crippen LogP contribution in [0.4, 0.5) is 5.82 Å². The number of hydrogen-bond acceptors (Lipinski definition) is 5. The van der Waals surface area contributed by atoms with Crippen LogP contribution in [-0.4, -0.2) is 52.9 Å². The van der Waals surface area contributed by atoms with Crippen LogP contribution in [0.2, 0.25) is 0 Å². The Labute approximate surface area is 143 Å². The highest BCUT2D eigenvalue weighted by Crippen LogP contribution is 2.25. The van der Waals surface area contributed by atoms with Crippen molar-refractivity contribution in [1.29, 1.82) is 0 Å².